The first-order valence-corrected chi connectivity index (χ1v) is 10.2. The molecule has 1 saturated heterocycles. The summed E-state index contributed by atoms with van der Waals surface area (Å²) in [4.78, 5) is 26.3. The Labute approximate surface area is 176 Å². The normalized spacial score (nSPS) is 16.2. The molecule has 6 nitrogen and oxygen atoms in total. The van der Waals surface area contributed by atoms with Crippen LogP contribution < -0.4 is 16.4 Å². The van der Waals surface area contributed by atoms with Crippen LogP contribution in [0.4, 0.5) is 4.79 Å². The molecule has 0 spiro atoms. The van der Waals surface area contributed by atoms with E-state index >= 15 is 0 Å². The molecule has 3 rings (SSSR count). The minimum absolute atomic E-state index is 0.0970. The number of piperidine rings is 1. The van der Waals surface area contributed by atoms with E-state index in [4.69, 9.17) is 17.3 Å². The second-order valence-corrected chi connectivity index (χ2v) is 7.86. The quantitative estimate of drug-likeness (QED) is 0.650. The number of benzene rings is 2. The number of rotatable bonds is 7. The topological polar surface area (TPSA) is 87.5 Å². The summed E-state index contributed by atoms with van der Waals surface area (Å²) in [6.07, 6.45) is 1.95. The molecule has 0 radical (unpaired) electrons. The Hall–Kier alpha value is -2.57. The summed E-state index contributed by atoms with van der Waals surface area (Å²) in [5, 5.41) is 6.34. The van der Waals surface area contributed by atoms with Crippen molar-refractivity contribution in [2.75, 3.05) is 13.1 Å². The Kier molecular flexibility index (Phi) is 7.49. The van der Waals surface area contributed by atoms with E-state index in [0.29, 0.717) is 5.02 Å². The zero-order valence-electron chi connectivity index (χ0n) is 16.3. The summed E-state index contributed by atoms with van der Waals surface area (Å²) >= 11 is 5.92. The minimum Gasteiger partial charge on any atom is -0.353 e. The summed E-state index contributed by atoms with van der Waals surface area (Å²) < 4.78 is 0. The van der Waals surface area contributed by atoms with Gasteiger partial charge in [-0.05, 0) is 36.1 Å². The van der Waals surface area contributed by atoms with E-state index in [0.717, 1.165) is 38.0 Å². The highest BCUT2D eigenvalue weighted by atomic mass is 35.5. The van der Waals surface area contributed by atoms with E-state index in [1.807, 2.05) is 6.07 Å². The monoisotopic (exact) mass is 414 g/mol. The molecule has 0 aromatic heterocycles. The van der Waals surface area contributed by atoms with Gasteiger partial charge in [0.25, 0.3) is 0 Å². The highest BCUT2D eigenvalue weighted by molar-refractivity contribution is 6.30. The minimum atomic E-state index is -0.660. The first-order valence-electron chi connectivity index (χ1n) is 9.86. The molecule has 3 amide bonds. The Morgan fingerprint density at radius 3 is 2.34 bits per heavy atom. The molecule has 2 aromatic carbocycles. The Bertz CT molecular complexity index is 805. The number of halogens is 1. The van der Waals surface area contributed by atoms with Gasteiger partial charge in [-0.1, -0.05) is 54.1 Å². The number of nitrogens with two attached hydrogens (primary N) is 1. The van der Waals surface area contributed by atoms with Crippen molar-refractivity contribution in [3.8, 4) is 0 Å². The number of primary amides is 1. The Balaban J connectivity index is 1.49. The zero-order chi connectivity index (χ0) is 20.6. The maximum absolute atomic E-state index is 12.6. The molecule has 2 aromatic rings. The van der Waals surface area contributed by atoms with Crippen LogP contribution in [0, 0.1) is 0 Å². The second kappa shape index (κ2) is 10.3. The predicted octanol–water partition coefficient (Wildman–Crippen LogP) is 3.22. The fourth-order valence-electron chi connectivity index (χ4n) is 3.67. The van der Waals surface area contributed by atoms with Gasteiger partial charge in [0.15, 0.2) is 0 Å². The molecular weight excluding hydrogens is 388 g/mol. The summed E-state index contributed by atoms with van der Waals surface area (Å²) in [5.74, 6) is -0.0970. The van der Waals surface area contributed by atoms with Crippen LogP contribution in [0.5, 0.6) is 0 Å². The average molecular weight is 415 g/mol. The lowest BCUT2D eigenvalue weighted by atomic mass is 10.0. The van der Waals surface area contributed by atoms with Crippen molar-refractivity contribution in [1.82, 2.24) is 15.5 Å². The molecule has 0 unspecified atom stereocenters. The smallest absolute Gasteiger partial charge is 0.312 e. The molecule has 0 saturated carbocycles. The van der Waals surface area contributed by atoms with Crippen LogP contribution in [0.25, 0.3) is 0 Å². The first kappa shape index (κ1) is 21.1. The number of amides is 3. The number of hydrogen-bond donors (Lipinski definition) is 3. The van der Waals surface area contributed by atoms with Crippen molar-refractivity contribution in [1.29, 1.82) is 0 Å². The lowest BCUT2D eigenvalue weighted by Gasteiger charge is -2.32. The van der Waals surface area contributed by atoms with Crippen LogP contribution in [0.2, 0.25) is 5.02 Å². The van der Waals surface area contributed by atoms with Crippen molar-refractivity contribution < 1.29 is 9.59 Å². The molecule has 1 aliphatic heterocycles. The van der Waals surface area contributed by atoms with Gasteiger partial charge < -0.3 is 16.4 Å². The third-order valence-electron chi connectivity index (χ3n) is 5.18. The molecular formula is C22H27ClN4O2. The summed E-state index contributed by atoms with van der Waals surface area (Å²) in [5.41, 5.74) is 7.38. The first-order chi connectivity index (χ1) is 14.0. The Morgan fingerprint density at radius 1 is 1.07 bits per heavy atom. The van der Waals surface area contributed by atoms with E-state index in [1.165, 1.54) is 5.56 Å². The Morgan fingerprint density at radius 2 is 1.72 bits per heavy atom. The lowest BCUT2D eigenvalue weighted by Crippen LogP contribution is -2.45. The molecule has 4 N–H and O–H groups in total. The molecule has 1 fully saturated rings. The van der Waals surface area contributed by atoms with Gasteiger partial charge in [-0.25, -0.2) is 4.79 Å². The number of likely N-dealkylation sites (tertiary alicyclic amines) is 1. The third kappa shape index (κ3) is 6.76. The number of nitrogens with zero attached hydrogens (tertiary/aromatic N) is 1. The second-order valence-electron chi connectivity index (χ2n) is 7.42. The maximum Gasteiger partial charge on any atom is 0.312 e. The summed E-state index contributed by atoms with van der Waals surface area (Å²) in [7, 11) is 0. The van der Waals surface area contributed by atoms with E-state index < -0.39 is 12.1 Å². The van der Waals surface area contributed by atoms with Crippen LogP contribution in [0.15, 0.2) is 54.6 Å². The van der Waals surface area contributed by atoms with Gasteiger partial charge in [-0.3, -0.25) is 9.69 Å². The number of urea groups is 1. The SMILES string of the molecule is NC(=O)N[C@H](CC(=O)NC1CCN(Cc2ccccc2)CC1)c1ccc(Cl)cc1. The standard InChI is InChI=1S/C22H27ClN4O2/c23-18-8-6-17(7-9-18)20(26-22(24)29)14-21(28)25-19-10-12-27(13-11-19)15-16-4-2-1-3-5-16/h1-9,19-20H,10-15H2,(H,25,28)(H3,24,26,29)/t20-/m1/s1. The van der Waals surface area contributed by atoms with Crippen LogP contribution in [-0.4, -0.2) is 36.0 Å². The molecule has 29 heavy (non-hydrogen) atoms. The number of nitrogens with one attached hydrogen (secondary N) is 2. The molecule has 0 aliphatic carbocycles. The van der Waals surface area contributed by atoms with E-state index in [-0.39, 0.29) is 18.4 Å². The van der Waals surface area contributed by atoms with Crippen molar-refractivity contribution in [2.45, 2.75) is 37.9 Å². The number of hydrogen-bond acceptors (Lipinski definition) is 3. The molecule has 1 heterocycles. The van der Waals surface area contributed by atoms with Crippen molar-refractivity contribution in [3.05, 3.63) is 70.7 Å². The van der Waals surface area contributed by atoms with Crippen LogP contribution >= 0.6 is 11.6 Å². The van der Waals surface area contributed by atoms with Crippen molar-refractivity contribution in [3.63, 3.8) is 0 Å². The molecule has 154 valence electrons. The number of carbonyl (C=O) groups is 2. The predicted molar refractivity (Wildman–Crippen MR) is 114 cm³/mol. The lowest BCUT2D eigenvalue weighted by molar-refractivity contribution is -0.122. The van der Waals surface area contributed by atoms with Gasteiger partial charge >= 0.3 is 6.03 Å². The third-order valence-corrected chi connectivity index (χ3v) is 5.43. The zero-order valence-corrected chi connectivity index (χ0v) is 17.1. The van der Waals surface area contributed by atoms with Gasteiger partial charge in [0.05, 0.1) is 12.5 Å². The molecule has 0 bridgehead atoms. The maximum atomic E-state index is 12.6. The van der Waals surface area contributed by atoms with E-state index in [1.54, 1.807) is 24.3 Å². The fourth-order valence-corrected chi connectivity index (χ4v) is 3.79. The number of carbonyl (C=O) groups excluding carboxylic acids is 2. The van der Waals surface area contributed by atoms with Crippen LogP contribution in [0.1, 0.15) is 36.4 Å². The summed E-state index contributed by atoms with van der Waals surface area (Å²) in [6.45, 7) is 2.82. The average Bonchev–Trinajstić information content (AvgIpc) is 2.70. The van der Waals surface area contributed by atoms with Gasteiger partial charge in [-0.15, -0.1) is 0 Å². The van der Waals surface area contributed by atoms with E-state index in [2.05, 4.69) is 39.8 Å². The van der Waals surface area contributed by atoms with Crippen LogP contribution in [-0.2, 0) is 11.3 Å². The molecule has 1 atom stereocenters. The van der Waals surface area contributed by atoms with Crippen LogP contribution in [0.3, 0.4) is 0 Å². The largest absolute Gasteiger partial charge is 0.353 e. The fraction of sp³-hybridized carbons (Fsp3) is 0.364. The highest BCUT2D eigenvalue weighted by Crippen LogP contribution is 2.20. The van der Waals surface area contributed by atoms with Gasteiger partial charge in [0, 0.05) is 30.7 Å². The van der Waals surface area contributed by atoms with Gasteiger partial charge in [-0.2, -0.15) is 0 Å². The van der Waals surface area contributed by atoms with Gasteiger partial charge in [0.1, 0.15) is 0 Å². The van der Waals surface area contributed by atoms with E-state index in [9.17, 15) is 9.59 Å². The molecule has 7 heteroatoms. The summed E-state index contributed by atoms with van der Waals surface area (Å²) in [6, 6.07) is 16.4. The van der Waals surface area contributed by atoms with Gasteiger partial charge in [0.2, 0.25) is 5.91 Å². The molecule has 1 aliphatic rings. The van der Waals surface area contributed by atoms with Crippen molar-refractivity contribution >= 4 is 23.5 Å². The van der Waals surface area contributed by atoms with Crippen molar-refractivity contribution in [2.24, 2.45) is 5.73 Å². The highest BCUT2D eigenvalue weighted by Gasteiger charge is 2.23.